The summed E-state index contributed by atoms with van der Waals surface area (Å²) in [5.41, 5.74) is 4.40. The average molecular weight is 466 g/mol. The van der Waals surface area contributed by atoms with Gasteiger partial charge in [-0.1, -0.05) is 35.9 Å². The van der Waals surface area contributed by atoms with E-state index in [2.05, 4.69) is 6.07 Å². The molecular weight excluding hydrogens is 433 g/mol. The summed E-state index contributed by atoms with van der Waals surface area (Å²) in [5, 5.41) is 6.17. The van der Waals surface area contributed by atoms with Crippen LogP contribution in [0.4, 0.5) is 4.39 Å². The number of hydrogen-bond acceptors (Lipinski definition) is 5. The fourth-order valence-corrected chi connectivity index (χ4v) is 4.85. The second kappa shape index (κ2) is 10.5. The summed E-state index contributed by atoms with van der Waals surface area (Å²) in [6, 6.07) is 12.2. The van der Waals surface area contributed by atoms with Crippen molar-refractivity contribution < 1.29 is 18.7 Å². The van der Waals surface area contributed by atoms with Gasteiger partial charge in [-0.15, -0.1) is 0 Å². The molecule has 0 spiro atoms. The van der Waals surface area contributed by atoms with E-state index in [0.29, 0.717) is 25.1 Å². The van der Waals surface area contributed by atoms with Gasteiger partial charge in [-0.05, 0) is 57.9 Å². The topological polar surface area (TPSA) is 62.2 Å². The zero-order valence-corrected chi connectivity index (χ0v) is 20.1. The maximum absolute atomic E-state index is 14.8. The second-order valence-corrected chi connectivity index (χ2v) is 9.17. The molecule has 2 unspecified atom stereocenters. The third kappa shape index (κ3) is 5.20. The number of piperidine rings is 1. The fraction of sp³-hybridized carbons (Fsp3) is 0.444. The number of carbonyl (C=O) groups is 2. The minimum absolute atomic E-state index is 0.129. The van der Waals surface area contributed by atoms with Crippen LogP contribution < -0.4 is 0 Å². The number of carbonyl (C=O) groups excluding carboxylic acids is 2. The number of aryl methyl sites for hydroxylation is 2. The number of rotatable bonds is 6. The number of amides is 1. The molecule has 4 rings (SSSR count). The van der Waals surface area contributed by atoms with Gasteiger partial charge in [-0.2, -0.15) is 5.10 Å². The van der Waals surface area contributed by atoms with Gasteiger partial charge in [-0.3, -0.25) is 14.5 Å². The third-order valence-corrected chi connectivity index (χ3v) is 6.62. The monoisotopic (exact) mass is 465 g/mol. The summed E-state index contributed by atoms with van der Waals surface area (Å²) in [6.07, 6.45) is 2.03. The summed E-state index contributed by atoms with van der Waals surface area (Å²) < 4.78 is 20.0. The van der Waals surface area contributed by atoms with Gasteiger partial charge in [-0.25, -0.2) is 9.40 Å². The Hall–Kier alpha value is -3.06. The zero-order valence-electron chi connectivity index (χ0n) is 20.1. The molecule has 0 aromatic heterocycles. The normalized spacial score (nSPS) is 20.8. The van der Waals surface area contributed by atoms with Gasteiger partial charge in [0.15, 0.2) is 0 Å². The van der Waals surface area contributed by atoms with Gasteiger partial charge in [0.2, 0.25) is 0 Å². The molecule has 6 nitrogen and oxygen atoms in total. The first-order chi connectivity index (χ1) is 16.4. The number of halogens is 1. The quantitative estimate of drug-likeness (QED) is 0.594. The summed E-state index contributed by atoms with van der Waals surface area (Å²) >= 11 is 0. The Morgan fingerprint density at radius 1 is 1.18 bits per heavy atom. The first-order valence-corrected chi connectivity index (χ1v) is 12.0. The summed E-state index contributed by atoms with van der Waals surface area (Å²) in [4.78, 5) is 27.7. The van der Waals surface area contributed by atoms with Crippen molar-refractivity contribution in [3.8, 4) is 0 Å². The number of likely N-dealkylation sites (tertiary alicyclic amines) is 1. The van der Waals surface area contributed by atoms with Crippen molar-refractivity contribution in [2.24, 2.45) is 11.0 Å². The lowest BCUT2D eigenvalue weighted by molar-refractivity contribution is -0.150. The predicted molar refractivity (Wildman–Crippen MR) is 129 cm³/mol. The highest BCUT2D eigenvalue weighted by atomic mass is 19.1. The van der Waals surface area contributed by atoms with E-state index in [0.717, 1.165) is 41.8 Å². The Bertz CT molecular complexity index is 1100. The van der Waals surface area contributed by atoms with Crippen molar-refractivity contribution in [2.75, 3.05) is 26.2 Å². The predicted octanol–water partition coefficient (Wildman–Crippen LogP) is 4.40. The lowest BCUT2D eigenvalue weighted by Crippen LogP contribution is -2.45. The molecule has 0 N–H and O–H groups in total. The lowest BCUT2D eigenvalue weighted by Gasteiger charge is -2.32. The molecule has 0 aliphatic carbocycles. The standard InChI is InChI=1S/C27H32FN3O3/c1-4-34-27(33)20-8-7-13-30(16-20)17-26(32)31-25(21-9-5-6-10-23(21)28)15-24(29-31)22-14-18(2)11-12-19(22)3/h5-6,9-12,14,20,25H,4,7-8,13,15-17H2,1-3H3. The van der Waals surface area contributed by atoms with Crippen LogP contribution in [0.2, 0.25) is 0 Å². The van der Waals surface area contributed by atoms with Crippen LogP contribution in [-0.4, -0.2) is 53.7 Å². The van der Waals surface area contributed by atoms with Crippen LogP contribution >= 0.6 is 0 Å². The zero-order chi connectivity index (χ0) is 24.2. The van der Waals surface area contributed by atoms with Crippen LogP contribution in [0, 0.1) is 25.6 Å². The molecule has 2 aliphatic heterocycles. The highest BCUT2D eigenvalue weighted by Gasteiger charge is 2.36. The van der Waals surface area contributed by atoms with Crippen LogP contribution in [0.15, 0.2) is 47.6 Å². The smallest absolute Gasteiger partial charge is 0.310 e. The Balaban J connectivity index is 1.58. The molecule has 2 aromatic carbocycles. The van der Waals surface area contributed by atoms with Crippen LogP contribution in [-0.2, 0) is 14.3 Å². The SMILES string of the molecule is CCOC(=O)C1CCCN(CC(=O)N2N=C(c3cc(C)ccc3C)CC2c2ccccc2F)C1. The first kappa shape index (κ1) is 24.1. The number of benzene rings is 2. The highest BCUT2D eigenvalue weighted by Crippen LogP contribution is 2.35. The van der Waals surface area contributed by atoms with Gasteiger partial charge in [0.25, 0.3) is 5.91 Å². The highest BCUT2D eigenvalue weighted by molar-refractivity contribution is 6.04. The van der Waals surface area contributed by atoms with E-state index >= 15 is 0 Å². The third-order valence-electron chi connectivity index (χ3n) is 6.62. The lowest BCUT2D eigenvalue weighted by atomic mass is 9.94. The maximum Gasteiger partial charge on any atom is 0.310 e. The van der Waals surface area contributed by atoms with E-state index in [1.165, 1.54) is 11.1 Å². The van der Waals surface area contributed by atoms with Crippen molar-refractivity contribution in [3.63, 3.8) is 0 Å². The molecule has 1 fully saturated rings. The first-order valence-electron chi connectivity index (χ1n) is 12.0. The molecule has 1 amide bonds. The fourth-order valence-electron chi connectivity index (χ4n) is 4.85. The molecule has 2 heterocycles. The van der Waals surface area contributed by atoms with Gasteiger partial charge in [0, 0.05) is 24.1 Å². The van der Waals surface area contributed by atoms with E-state index < -0.39 is 6.04 Å². The number of hydrazone groups is 1. The summed E-state index contributed by atoms with van der Waals surface area (Å²) in [5.74, 6) is -0.974. The molecule has 0 saturated carbocycles. The van der Waals surface area contributed by atoms with Crippen LogP contribution in [0.25, 0.3) is 0 Å². The van der Waals surface area contributed by atoms with Crippen molar-refractivity contribution in [3.05, 3.63) is 70.5 Å². The molecule has 1 saturated heterocycles. The molecular formula is C27H32FN3O3. The Morgan fingerprint density at radius 2 is 1.97 bits per heavy atom. The van der Waals surface area contributed by atoms with Gasteiger partial charge in [0.05, 0.1) is 30.8 Å². The van der Waals surface area contributed by atoms with Gasteiger partial charge >= 0.3 is 5.97 Å². The Morgan fingerprint density at radius 3 is 2.74 bits per heavy atom. The minimum Gasteiger partial charge on any atom is -0.466 e. The number of nitrogens with zero attached hydrogens (tertiary/aromatic N) is 3. The van der Waals surface area contributed by atoms with Crippen LogP contribution in [0.5, 0.6) is 0 Å². The summed E-state index contributed by atoms with van der Waals surface area (Å²) in [6.45, 7) is 7.52. The minimum atomic E-state index is -0.505. The van der Waals surface area contributed by atoms with Crippen LogP contribution in [0.1, 0.15) is 54.5 Å². The van der Waals surface area contributed by atoms with Crippen molar-refractivity contribution in [2.45, 2.75) is 46.1 Å². The molecule has 2 aromatic rings. The largest absolute Gasteiger partial charge is 0.466 e. The van der Waals surface area contributed by atoms with E-state index in [1.807, 2.05) is 30.9 Å². The van der Waals surface area contributed by atoms with Gasteiger partial charge in [0.1, 0.15) is 5.82 Å². The number of ether oxygens (including phenoxy) is 1. The summed E-state index contributed by atoms with van der Waals surface area (Å²) in [7, 11) is 0. The average Bonchev–Trinajstić information content (AvgIpc) is 3.26. The maximum atomic E-state index is 14.8. The van der Waals surface area contributed by atoms with Gasteiger partial charge < -0.3 is 4.74 Å². The molecule has 34 heavy (non-hydrogen) atoms. The second-order valence-electron chi connectivity index (χ2n) is 9.17. The molecule has 0 radical (unpaired) electrons. The molecule has 0 bridgehead atoms. The van der Waals surface area contributed by atoms with E-state index in [1.54, 1.807) is 25.1 Å². The van der Waals surface area contributed by atoms with Crippen molar-refractivity contribution in [1.29, 1.82) is 0 Å². The van der Waals surface area contributed by atoms with Crippen molar-refractivity contribution >= 4 is 17.6 Å². The Kier molecular flexibility index (Phi) is 7.41. The van der Waals surface area contributed by atoms with E-state index in [9.17, 15) is 14.0 Å². The molecule has 180 valence electrons. The Labute approximate surface area is 200 Å². The number of hydrogen-bond donors (Lipinski definition) is 0. The molecule has 2 aliphatic rings. The van der Waals surface area contributed by atoms with Crippen LogP contribution in [0.3, 0.4) is 0 Å². The molecule has 7 heteroatoms. The molecule has 2 atom stereocenters. The number of esters is 1. The van der Waals surface area contributed by atoms with Crippen molar-refractivity contribution in [1.82, 2.24) is 9.91 Å². The van der Waals surface area contributed by atoms with E-state index in [-0.39, 0.29) is 30.2 Å². The van der Waals surface area contributed by atoms with E-state index in [4.69, 9.17) is 9.84 Å².